The van der Waals surface area contributed by atoms with Crippen molar-refractivity contribution in [3.05, 3.63) is 64.1 Å². The number of fused-ring (bicyclic) bond motifs is 1. The number of hydrogen-bond donors (Lipinski definition) is 2. The summed E-state index contributed by atoms with van der Waals surface area (Å²) in [5.41, 5.74) is 6.55. The highest BCUT2D eigenvalue weighted by molar-refractivity contribution is 7.13. The highest BCUT2D eigenvalue weighted by Gasteiger charge is 2.16. The van der Waals surface area contributed by atoms with Crippen molar-refractivity contribution < 1.29 is 19.1 Å². The van der Waals surface area contributed by atoms with Gasteiger partial charge in [0, 0.05) is 16.5 Å². The first-order chi connectivity index (χ1) is 14.1. The van der Waals surface area contributed by atoms with Gasteiger partial charge in [-0.15, -0.1) is 11.3 Å². The van der Waals surface area contributed by atoms with Gasteiger partial charge in [-0.3, -0.25) is 20.4 Å². The molecule has 148 valence electrons. The van der Waals surface area contributed by atoms with Crippen LogP contribution in [0.2, 0.25) is 5.02 Å². The maximum Gasteiger partial charge on any atom is 0.269 e. The monoisotopic (exact) mass is 429 g/mol. The lowest BCUT2D eigenvalue weighted by molar-refractivity contribution is -0.121. The van der Waals surface area contributed by atoms with E-state index in [0.29, 0.717) is 41.0 Å². The van der Waals surface area contributed by atoms with Gasteiger partial charge in [-0.1, -0.05) is 29.8 Å². The number of hydrogen-bond acceptors (Lipinski definition) is 6. The Balaban J connectivity index is 1.33. The Morgan fingerprint density at radius 1 is 1.07 bits per heavy atom. The molecule has 1 aromatic heterocycles. The van der Waals surface area contributed by atoms with Gasteiger partial charge in [-0.05, 0) is 24.3 Å². The maximum atomic E-state index is 12.3. The van der Waals surface area contributed by atoms with Crippen LogP contribution in [0.4, 0.5) is 0 Å². The Bertz CT molecular complexity index is 1070. The number of hydrazine groups is 1. The standard InChI is InChI=1S/C20H16ClN3O4S/c21-15-4-2-1-3-14(15)20-22-13(11-29-20)10-18(25)23-24-19(26)12-5-6-16-17(9-12)28-8-7-27-16/h1-6,9,11H,7-8,10H2,(H,23,25)(H,24,26). The fourth-order valence-electron chi connectivity index (χ4n) is 2.74. The number of carbonyl (C=O) groups excluding carboxylic acids is 2. The smallest absolute Gasteiger partial charge is 0.269 e. The molecule has 7 nitrogen and oxygen atoms in total. The van der Waals surface area contributed by atoms with E-state index < -0.39 is 5.91 Å². The molecule has 0 spiro atoms. The molecular formula is C20H16ClN3O4S. The van der Waals surface area contributed by atoms with Gasteiger partial charge in [0.2, 0.25) is 5.91 Å². The Morgan fingerprint density at radius 3 is 2.69 bits per heavy atom. The molecule has 29 heavy (non-hydrogen) atoms. The van der Waals surface area contributed by atoms with E-state index in [1.54, 1.807) is 29.6 Å². The number of rotatable bonds is 4. The highest BCUT2D eigenvalue weighted by atomic mass is 35.5. The van der Waals surface area contributed by atoms with Gasteiger partial charge in [-0.25, -0.2) is 4.98 Å². The summed E-state index contributed by atoms with van der Waals surface area (Å²) >= 11 is 7.59. The fraction of sp³-hybridized carbons (Fsp3) is 0.150. The second-order valence-corrected chi connectivity index (χ2v) is 7.43. The van der Waals surface area contributed by atoms with Crippen molar-refractivity contribution in [2.24, 2.45) is 0 Å². The minimum absolute atomic E-state index is 0.0301. The molecule has 2 aromatic carbocycles. The predicted molar refractivity (Wildman–Crippen MR) is 109 cm³/mol. The molecule has 4 rings (SSSR count). The number of aromatic nitrogens is 1. The number of benzene rings is 2. The van der Waals surface area contributed by atoms with E-state index in [1.165, 1.54) is 11.3 Å². The Morgan fingerprint density at radius 2 is 1.86 bits per heavy atom. The number of ether oxygens (including phenoxy) is 2. The summed E-state index contributed by atoms with van der Waals surface area (Å²) < 4.78 is 10.9. The quantitative estimate of drug-likeness (QED) is 0.621. The van der Waals surface area contributed by atoms with Crippen LogP contribution in [-0.4, -0.2) is 30.0 Å². The summed E-state index contributed by atoms with van der Waals surface area (Å²) in [4.78, 5) is 28.9. The average Bonchev–Trinajstić information content (AvgIpc) is 3.20. The summed E-state index contributed by atoms with van der Waals surface area (Å²) in [5, 5.41) is 3.13. The molecule has 0 saturated heterocycles. The summed E-state index contributed by atoms with van der Waals surface area (Å²) in [6, 6.07) is 12.2. The van der Waals surface area contributed by atoms with Gasteiger partial charge < -0.3 is 9.47 Å². The minimum atomic E-state index is -0.453. The lowest BCUT2D eigenvalue weighted by atomic mass is 10.2. The topological polar surface area (TPSA) is 89.6 Å². The lowest BCUT2D eigenvalue weighted by Gasteiger charge is -2.18. The van der Waals surface area contributed by atoms with Gasteiger partial charge in [0.05, 0.1) is 17.1 Å². The average molecular weight is 430 g/mol. The first-order valence-electron chi connectivity index (χ1n) is 8.78. The summed E-state index contributed by atoms with van der Waals surface area (Å²) in [5.74, 6) is 0.261. The Kier molecular flexibility index (Phi) is 5.64. The number of halogens is 1. The molecule has 9 heteroatoms. The van der Waals surface area contributed by atoms with E-state index in [4.69, 9.17) is 21.1 Å². The van der Waals surface area contributed by atoms with Crippen LogP contribution in [0.15, 0.2) is 47.8 Å². The third kappa shape index (κ3) is 4.49. The van der Waals surface area contributed by atoms with Gasteiger partial charge in [0.15, 0.2) is 11.5 Å². The van der Waals surface area contributed by atoms with E-state index in [0.717, 1.165) is 10.6 Å². The van der Waals surface area contributed by atoms with Crippen LogP contribution in [-0.2, 0) is 11.2 Å². The third-order valence-corrected chi connectivity index (χ3v) is 5.37. The number of carbonyl (C=O) groups is 2. The Hall–Kier alpha value is -3.10. The number of nitrogens with zero attached hydrogens (tertiary/aromatic N) is 1. The lowest BCUT2D eigenvalue weighted by Crippen LogP contribution is -2.42. The number of thiazole rings is 1. The molecule has 2 amide bonds. The van der Waals surface area contributed by atoms with Gasteiger partial charge in [0.25, 0.3) is 5.91 Å². The molecular weight excluding hydrogens is 414 g/mol. The van der Waals surface area contributed by atoms with E-state index in [9.17, 15) is 9.59 Å². The van der Waals surface area contributed by atoms with Crippen LogP contribution in [0.3, 0.4) is 0 Å². The second kappa shape index (κ2) is 8.50. The van der Waals surface area contributed by atoms with Gasteiger partial charge in [-0.2, -0.15) is 0 Å². The summed E-state index contributed by atoms with van der Waals surface area (Å²) in [6.07, 6.45) is 0.0301. The van der Waals surface area contributed by atoms with Crippen LogP contribution in [0.1, 0.15) is 16.1 Å². The van der Waals surface area contributed by atoms with Crippen LogP contribution < -0.4 is 20.3 Å². The van der Waals surface area contributed by atoms with Crippen LogP contribution >= 0.6 is 22.9 Å². The maximum absolute atomic E-state index is 12.3. The molecule has 2 heterocycles. The SMILES string of the molecule is O=C(Cc1csc(-c2ccccc2Cl)n1)NNC(=O)c1ccc2c(c1)OCCO2. The van der Waals surface area contributed by atoms with Crippen molar-refractivity contribution in [3.8, 4) is 22.1 Å². The molecule has 1 aliphatic heterocycles. The molecule has 0 fully saturated rings. The van der Waals surface area contributed by atoms with Crippen LogP contribution in [0, 0.1) is 0 Å². The zero-order valence-electron chi connectivity index (χ0n) is 15.1. The van der Waals surface area contributed by atoms with Gasteiger partial charge in [0.1, 0.15) is 18.2 Å². The molecule has 3 aromatic rings. The third-order valence-electron chi connectivity index (χ3n) is 4.12. The molecule has 1 aliphatic rings. The summed E-state index contributed by atoms with van der Waals surface area (Å²) in [6.45, 7) is 0.905. The fourth-order valence-corrected chi connectivity index (χ4v) is 3.88. The van der Waals surface area contributed by atoms with E-state index in [2.05, 4.69) is 15.8 Å². The van der Waals surface area contributed by atoms with E-state index >= 15 is 0 Å². The molecule has 0 atom stereocenters. The van der Waals surface area contributed by atoms with Crippen molar-refractivity contribution in [1.82, 2.24) is 15.8 Å². The van der Waals surface area contributed by atoms with Gasteiger partial charge >= 0.3 is 0 Å². The molecule has 0 saturated carbocycles. The second-order valence-electron chi connectivity index (χ2n) is 6.16. The molecule has 0 unspecified atom stereocenters. The van der Waals surface area contributed by atoms with E-state index in [-0.39, 0.29) is 12.3 Å². The number of amides is 2. The van der Waals surface area contributed by atoms with Crippen molar-refractivity contribution in [2.75, 3.05) is 13.2 Å². The number of nitrogens with one attached hydrogen (secondary N) is 2. The zero-order chi connectivity index (χ0) is 20.2. The normalized spacial score (nSPS) is 12.3. The molecule has 0 radical (unpaired) electrons. The van der Waals surface area contributed by atoms with Crippen molar-refractivity contribution in [2.45, 2.75) is 6.42 Å². The first-order valence-corrected chi connectivity index (χ1v) is 10.0. The van der Waals surface area contributed by atoms with Crippen LogP contribution in [0.25, 0.3) is 10.6 Å². The van der Waals surface area contributed by atoms with Crippen molar-refractivity contribution >= 4 is 34.8 Å². The largest absolute Gasteiger partial charge is 0.486 e. The minimum Gasteiger partial charge on any atom is -0.486 e. The molecule has 2 N–H and O–H groups in total. The zero-order valence-corrected chi connectivity index (χ0v) is 16.7. The van der Waals surface area contributed by atoms with Crippen molar-refractivity contribution in [1.29, 1.82) is 0 Å². The highest BCUT2D eigenvalue weighted by Crippen LogP contribution is 2.31. The predicted octanol–water partition coefficient (Wildman–Crippen LogP) is 3.24. The summed E-state index contributed by atoms with van der Waals surface area (Å²) in [7, 11) is 0. The first kappa shape index (κ1) is 19.2. The molecule has 0 bridgehead atoms. The molecule has 0 aliphatic carbocycles. The van der Waals surface area contributed by atoms with Crippen molar-refractivity contribution in [3.63, 3.8) is 0 Å². The van der Waals surface area contributed by atoms with E-state index in [1.807, 2.05) is 18.2 Å². The van der Waals surface area contributed by atoms with Crippen LogP contribution in [0.5, 0.6) is 11.5 Å². The Labute approximate surface area is 175 Å².